The maximum atomic E-state index is 14.1. The molecule has 22 heavy (non-hydrogen) atoms. The van der Waals surface area contributed by atoms with E-state index in [2.05, 4.69) is 20.8 Å². The highest BCUT2D eigenvalue weighted by Gasteiger charge is 2.25. The van der Waals surface area contributed by atoms with Gasteiger partial charge in [-0.2, -0.15) is 5.26 Å². The average Bonchev–Trinajstić information content (AvgIpc) is 2.48. The van der Waals surface area contributed by atoms with E-state index in [1.165, 1.54) is 6.07 Å². The molecule has 0 saturated heterocycles. The van der Waals surface area contributed by atoms with E-state index in [1.54, 1.807) is 18.2 Å². The van der Waals surface area contributed by atoms with E-state index in [0.717, 1.165) is 0 Å². The minimum Gasteiger partial charge on any atom is -0.232 e. The van der Waals surface area contributed by atoms with Crippen LogP contribution in [-0.2, 0) is 6.42 Å². The summed E-state index contributed by atoms with van der Waals surface area (Å²) in [5.41, 5.74) is -1.88. The summed E-state index contributed by atoms with van der Waals surface area (Å²) in [7, 11) is 0. The van der Waals surface area contributed by atoms with Crippen molar-refractivity contribution in [2.75, 3.05) is 0 Å². The Hall–Kier alpha value is -2.02. The number of benzene rings is 2. The van der Waals surface area contributed by atoms with Gasteiger partial charge in [0.05, 0.1) is 12.1 Å². The molecule has 0 bridgehead atoms. The van der Waals surface area contributed by atoms with Crippen LogP contribution in [0.5, 0.6) is 0 Å². The molecule has 0 spiro atoms. The molecule has 2 aromatic rings. The largest absolute Gasteiger partial charge is 0.261 e. The fraction of sp³-hybridized carbons (Fsp3) is 0.0667. The van der Waals surface area contributed by atoms with Gasteiger partial charge >= 0.3 is 0 Å². The third-order valence-electron chi connectivity index (χ3n) is 3.00. The van der Waals surface area contributed by atoms with Gasteiger partial charge in [0.2, 0.25) is 0 Å². The maximum absolute atomic E-state index is 14.1. The molecule has 0 aliphatic carbocycles. The highest BCUT2D eigenvalue weighted by atomic mass is 79.9. The summed E-state index contributed by atoms with van der Waals surface area (Å²) in [6, 6.07) is 6.20. The van der Waals surface area contributed by atoms with E-state index in [0.29, 0.717) is 10.0 Å². The Morgan fingerprint density at radius 2 is 1.91 bits per heavy atom. The first-order valence-electron chi connectivity index (χ1n) is 5.81. The van der Waals surface area contributed by atoms with Crippen molar-refractivity contribution in [1.29, 1.82) is 5.26 Å². The molecule has 0 unspecified atom stereocenters. The lowest BCUT2D eigenvalue weighted by Crippen LogP contribution is -2.04. The predicted octanol–water partition coefficient (Wildman–Crippen LogP) is 5.53. The lowest BCUT2D eigenvalue weighted by atomic mass is 9.98. The summed E-state index contributed by atoms with van der Waals surface area (Å²) in [6.45, 7) is 6.69. The summed E-state index contributed by atoms with van der Waals surface area (Å²) in [6.07, 6.45) is -0.271. The van der Waals surface area contributed by atoms with Crippen molar-refractivity contribution < 1.29 is 13.2 Å². The van der Waals surface area contributed by atoms with E-state index in [4.69, 9.17) is 23.4 Å². The molecule has 0 aliphatic rings. The second kappa shape index (κ2) is 6.39. The van der Waals surface area contributed by atoms with Gasteiger partial charge in [-0.3, -0.25) is 0 Å². The van der Waals surface area contributed by atoms with Crippen LogP contribution in [0.4, 0.5) is 18.9 Å². The van der Waals surface area contributed by atoms with Crippen LogP contribution in [0.2, 0.25) is 5.02 Å². The Morgan fingerprint density at radius 3 is 2.45 bits per heavy atom. The lowest BCUT2D eigenvalue weighted by molar-refractivity contribution is 0.492. The number of halogens is 5. The van der Waals surface area contributed by atoms with Crippen molar-refractivity contribution in [1.82, 2.24) is 0 Å². The van der Waals surface area contributed by atoms with Crippen LogP contribution >= 0.6 is 27.5 Å². The van der Waals surface area contributed by atoms with Gasteiger partial charge in [-0.25, -0.2) is 18.0 Å². The summed E-state index contributed by atoms with van der Waals surface area (Å²) in [5, 5.41) is 9.26. The van der Waals surface area contributed by atoms with Crippen LogP contribution in [-0.4, -0.2) is 0 Å². The van der Waals surface area contributed by atoms with Gasteiger partial charge in [0.1, 0.15) is 6.07 Å². The SMILES string of the molecule is [C-]#[N+]c1c(F)c(F)c(Cc2ccc(Br)cc2Cl)c(C#N)c1F. The molecule has 0 fully saturated rings. The van der Waals surface area contributed by atoms with Crippen LogP contribution in [0.25, 0.3) is 4.85 Å². The summed E-state index contributed by atoms with van der Waals surface area (Å²) in [4.78, 5) is 2.59. The quantitative estimate of drug-likeness (QED) is 0.493. The molecule has 0 saturated carbocycles. The molecule has 0 aromatic heterocycles. The molecule has 2 nitrogen and oxygen atoms in total. The first kappa shape index (κ1) is 16.4. The van der Waals surface area contributed by atoms with Crippen LogP contribution in [0.3, 0.4) is 0 Å². The van der Waals surface area contributed by atoms with Crippen molar-refractivity contribution in [3.05, 3.63) is 73.3 Å². The molecular weight excluding hydrogens is 381 g/mol. The maximum Gasteiger partial charge on any atom is 0.261 e. The fourth-order valence-electron chi connectivity index (χ4n) is 1.93. The summed E-state index contributed by atoms with van der Waals surface area (Å²) in [5.74, 6) is -4.38. The van der Waals surface area contributed by atoms with Gasteiger partial charge in [0.15, 0.2) is 17.5 Å². The van der Waals surface area contributed by atoms with Crippen LogP contribution < -0.4 is 0 Å². The van der Waals surface area contributed by atoms with E-state index in [9.17, 15) is 13.2 Å². The third kappa shape index (κ3) is 2.81. The minimum absolute atomic E-state index is 0.257. The number of nitriles is 1. The molecule has 0 radical (unpaired) electrons. The zero-order chi connectivity index (χ0) is 16.4. The second-order valence-corrected chi connectivity index (χ2v) is 5.60. The standard InChI is InChI=1S/C15H5BrClF3N2/c1-22-15-13(19)10(6-21)9(12(18)14(15)20)4-7-2-3-8(16)5-11(7)17/h2-3,5H,4H2. The van der Waals surface area contributed by atoms with Gasteiger partial charge in [-0.1, -0.05) is 33.6 Å². The molecule has 7 heteroatoms. The highest BCUT2D eigenvalue weighted by Crippen LogP contribution is 2.33. The minimum atomic E-state index is -1.60. The van der Waals surface area contributed by atoms with Crippen LogP contribution in [0.15, 0.2) is 22.7 Å². The summed E-state index contributed by atoms with van der Waals surface area (Å²) >= 11 is 9.20. The molecule has 0 amide bonds. The average molecular weight is 386 g/mol. The molecule has 2 rings (SSSR count). The first-order chi connectivity index (χ1) is 10.4. The third-order valence-corrected chi connectivity index (χ3v) is 3.85. The van der Waals surface area contributed by atoms with E-state index < -0.39 is 34.3 Å². The fourth-order valence-corrected chi connectivity index (χ4v) is 2.67. The van der Waals surface area contributed by atoms with Crippen molar-refractivity contribution in [2.24, 2.45) is 0 Å². The number of hydrogen-bond donors (Lipinski definition) is 0. The molecular formula is C15H5BrClF3N2. The van der Waals surface area contributed by atoms with Gasteiger partial charge in [-0.15, -0.1) is 0 Å². The van der Waals surface area contributed by atoms with Gasteiger partial charge in [-0.05, 0) is 17.7 Å². The topological polar surface area (TPSA) is 28.1 Å². The zero-order valence-corrected chi connectivity index (χ0v) is 13.1. The molecule has 110 valence electrons. The Labute approximate surface area is 137 Å². The molecule has 0 heterocycles. The Morgan fingerprint density at radius 1 is 1.23 bits per heavy atom. The summed E-state index contributed by atoms with van der Waals surface area (Å²) < 4.78 is 42.5. The van der Waals surface area contributed by atoms with Gasteiger partial charge < -0.3 is 0 Å². The second-order valence-electron chi connectivity index (χ2n) is 4.28. The number of nitrogens with zero attached hydrogens (tertiary/aromatic N) is 2. The predicted molar refractivity (Wildman–Crippen MR) is 79.3 cm³/mol. The Balaban J connectivity index is 2.66. The number of rotatable bonds is 2. The molecule has 0 atom stereocenters. The Kier molecular flexibility index (Phi) is 4.75. The van der Waals surface area contributed by atoms with Gasteiger partial charge in [0.25, 0.3) is 5.69 Å². The number of hydrogen-bond acceptors (Lipinski definition) is 1. The first-order valence-corrected chi connectivity index (χ1v) is 6.98. The van der Waals surface area contributed by atoms with E-state index in [-0.39, 0.29) is 11.4 Å². The van der Waals surface area contributed by atoms with Crippen molar-refractivity contribution in [3.8, 4) is 6.07 Å². The molecule has 0 aliphatic heterocycles. The van der Waals surface area contributed by atoms with Crippen LogP contribution in [0, 0.1) is 35.4 Å². The molecule has 2 aromatic carbocycles. The van der Waals surface area contributed by atoms with Crippen molar-refractivity contribution in [2.45, 2.75) is 6.42 Å². The molecule has 0 N–H and O–H groups in total. The van der Waals surface area contributed by atoms with Crippen molar-refractivity contribution >= 4 is 33.2 Å². The normalized spacial score (nSPS) is 10.1. The van der Waals surface area contributed by atoms with E-state index >= 15 is 0 Å². The Bertz CT molecular complexity index is 854. The lowest BCUT2D eigenvalue weighted by Gasteiger charge is -2.11. The zero-order valence-electron chi connectivity index (χ0n) is 10.7. The smallest absolute Gasteiger partial charge is 0.232 e. The highest BCUT2D eigenvalue weighted by molar-refractivity contribution is 9.10. The monoisotopic (exact) mass is 384 g/mol. The van der Waals surface area contributed by atoms with Crippen LogP contribution in [0.1, 0.15) is 16.7 Å². The van der Waals surface area contributed by atoms with Gasteiger partial charge in [0, 0.05) is 21.5 Å². The van der Waals surface area contributed by atoms with Crippen molar-refractivity contribution in [3.63, 3.8) is 0 Å². The van der Waals surface area contributed by atoms with E-state index in [1.807, 2.05) is 0 Å².